The van der Waals surface area contributed by atoms with E-state index in [1.165, 1.54) is 5.56 Å². The Morgan fingerprint density at radius 2 is 2.05 bits per heavy atom. The van der Waals surface area contributed by atoms with Crippen molar-refractivity contribution in [3.05, 3.63) is 46.4 Å². The maximum absolute atomic E-state index is 5.78. The molecule has 0 aliphatic heterocycles. The molecule has 0 aliphatic carbocycles. The number of fused-ring (bicyclic) bond motifs is 1. The molecule has 3 rings (SSSR count). The summed E-state index contributed by atoms with van der Waals surface area (Å²) in [6.07, 6.45) is 0. The van der Waals surface area contributed by atoms with E-state index in [2.05, 4.69) is 39.2 Å². The van der Waals surface area contributed by atoms with E-state index in [4.69, 9.17) is 5.73 Å². The fraction of sp³-hybridized carbons (Fsp3) is 0.0714. The van der Waals surface area contributed by atoms with Gasteiger partial charge in [-0.05, 0) is 48.9 Å². The van der Waals surface area contributed by atoms with Crippen molar-refractivity contribution in [1.82, 2.24) is 4.98 Å². The molecule has 0 amide bonds. The third-order valence-corrected chi connectivity index (χ3v) is 4.27. The van der Waals surface area contributed by atoms with E-state index in [1.54, 1.807) is 11.3 Å². The number of halogens is 1. The van der Waals surface area contributed by atoms with Gasteiger partial charge < -0.3 is 11.1 Å². The summed E-state index contributed by atoms with van der Waals surface area (Å²) in [6, 6.07) is 11.9. The van der Waals surface area contributed by atoms with Crippen LogP contribution >= 0.6 is 27.3 Å². The van der Waals surface area contributed by atoms with Crippen molar-refractivity contribution in [2.24, 2.45) is 0 Å². The first kappa shape index (κ1) is 12.4. The van der Waals surface area contributed by atoms with Crippen molar-refractivity contribution in [2.45, 2.75) is 6.92 Å². The second-order valence-corrected chi connectivity index (χ2v) is 6.28. The summed E-state index contributed by atoms with van der Waals surface area (Å²) in [5, 5.41) is 4.23. The molecular weight excluding hydrogens is 322 g/mol. The number of aryl methyl sites for hydroxylation is 1. The minimum Gasteiger partial charge on any atom is -0.399 e. The van der Waals surface area contributed by atoms with Gasteiger partial charge in [0.1, 0.15) is 0 Å². The van der Waals surface area contributed by atoms with Crippen LogP contribution in [0.15, 0.2) is 40.9 Å². The van der Waals surface area contributed by atoms with Crippen LogP contribution in [0.5, 0.6) is 0 Å². The Hall–Kier alpha value is -1.59. The van der Waals surface area contributed by atoms with E-state index < -0.39 is 0 Å². The highest BCUT2D eigenvalue weighted by Gasteiger charge is 2.06. The topological polar surface area (TPSA) is 50.9 Å². The van der Waals surface area contributed by atoms with Gasteiger partial charge in [-0.1, -0.05) is 27.3 Å². The molecule has 0 aliphatic rings. The van der Waals surface area contributed by atoms with Gasteiger partial charge >= 0.3 is 0 Å². The minimum absolute atomic E-state index is 0.766. The van der Waals surface area contributed by atoms with Crippen LogP contribution in [-0.4, -0.2) is 4.98 Å². The number of hydrogen-bond donors (Lipinski definition) is 2. The molecule has 0 unspecified atom stereocenters. The van der Waals surface area contributed by atoms with Gasteiger partial charge in [0, 0.05) is 15.8 Å². The van der Waals surface area contributed by atoms with Crippen molar-refractivity contribution >= 4 is 54.0 Å². The number of hydrogen-bond acceptors (Lipinski definition) is 4. The van der Waals surface area contributed by atoms with E-state index in [1.807, 2.05) is 30.3 Å². The smallest absolute Gasteiger partial charge is 0.188 e. The highest BCUT2D eigenvalue weighted by atomic mass is 79.9. The number of nitrogens with zero attached hydrogens (tertiary/aromatic N) is 1. The van der Waals surface area contributed by atoms with Gasteiger partial charge in [-0.2, -0.15) is 0 Å². The zero-order chi connectivity index (χ0) is 13.4. The number of rotatable bonds is 2. The quantitative estimate of drug-likeness (QED) is 0.668. The summed E-state index contributed by atoms with van der Waals surface area (Å²) < 4.78 is 2.17. The maximum atomic E-state index is 5.78. The maximum Gasteiger partial charge on any atom is 0.188 e. The van der Waals surface area contributed by atoms with Crippen LogP contribution in [0.4, 0.5) is 16.5 Å². The van der Waals surface area contributed by atoms with E-state index in [0.717, 1.165) is 31.2 Å². The number of anilines is 3. The first-order chi connectivity index (χ1) is 9.11. The predicted molar refractivity (Wildman–Crippen MR) is 86.2 cm³/mol. The Morgan fingerprint density at radius 1 is 1.21 bits per heavy atom. The van der Waals surface area contributed by atoms with Crippen LogP contribution in [0.1, 0.15) is 5.56 Å². The van der Waals surface area contributed by atoms with Crippen LogP contribution in [0.2, 0.25) is 0 Å². The van der Waals surface area contributed by atoms with Gasteiger partial charge in [0.25, 0.3) is 0 Å². The molecule has 96 valence electrons. The molecule has 0 saturated heterocycles. The van der Waals surface area contributed by atoms with Crippen molar-refractivity contribution in [3.8, 4) is 0 Å². The summed E-state index contributed by atoms with van der Waals surface area (Å²) in [6.45, 7) is 2.07. The molecule has 0 fully saturated rings. The lowest BCUT2D eigenvalue weighted by Gasteiger charge is -2.06. The number of nitrogen functional groups attached to an aromatic ring is 1. The fourth-order valence-corrected chi connectivity index (χ4v) is 3.28. The lowest BCUT2D eigenvalue weighted by Crippen LogP contribution is -1.91. The summed E-state index contributed by atoms with van der Waals surface area (Å²) in [5.74, 6) is 0. The highest BCUT2D eigenvalue weighted by Crippen LogP contribution is 2.31. The van der Waals surface area contributed by atoms with E-state index in [-0.39, 0.29) is 0 Å². The zero-order valence-electron chi connectivity index (χ0n) is 10.3. The Bertz CT molecular complexity index is 752. The summed E-state index contributed by atoms with van der Waals surface area (Å²) in [5.41, 5.74) is 9.75. The molecule has 3 nitrogen and oxygen atoms in total. The lowest BCUT2D eigenvalue weighted by molar-refractivity contribution is 1.39. The van der Waals surface area contributed by atoms with Gasteiger partial charge in [-0.15, -0.1) is 0 Å². The molecule has 3 aromatic rings. The SMILES string of the molecule is Cc1cc(Br)ccc1Nc1nc2ccc(N)cc2s1. The standard InChI is InChI=1S/C14H12BrN3S/c1-8-6-9(15)2-4-11(8)17-14-18-12-5-3-10(16)7-13(12)19-14/h2-7H,16H2,1H3,(H,17,18). The molecule has 0 bridgehead atoms. The van der Waals surface area contributed by atoms with Gasteiger partial charge in [0.05, 0.1) is 10.2 Å². The van der Waals surface area contributed by atoms with Crippen molar-refractivity contribution in [2.75, 3.05) is 11.1 Å². The Kier molecular flexibility index (Phi) is 3.16. The number of nitrogens with one attached hydrogen (secondary N) is 1. The van der Waals surface area contributed by atoms with Crippen LogP contribution in [0.25, 0.3) is 10.2 Å². The van der Waals surface area contributed by atoms with Gasteiger partial charge in [-0.3, -0.25) is 0 Å². The fourth-order valence-electron chi connectivity index (χ4n) is 1.88. The molecule has 0 spiro atoms. The van der Waals surface area contributed by atoms with Crippen LogP contribution in [0.3, 0.4) is 0 Å². The monoisotopic (exact) mass is 333 g/mol. The van der Waals surface area contributed by atoms with Crippen molar-refractivity contribution in [3.63, 3.8) is 0 Å². The first-order valence-electron chi connectivity index (χ1n) is 5.81. The van der Waals surface area contributed by atoms with Crippen molar-refractivity contribution in [1.29, 1.82) is 0 Å². The molecular formula is C14H12BrN3S. The predicted octanol–water partition coefficient (Wildman–Crippen LogP) is 4.69. The normalized spacial score (nSPS) is 10.8. The molecule has 5 heteroatoms. The minimum atomic E-state index is 0.766. The van der Waals surface area contributed by atoms with Crippen LogP contribution in [0, 0.1) is 6.92 Å². The highest BCUT2D eigenvalue weighted by molar-refractivity contribution is 9.10. The molecule has 3 N–H and O–H groups in total. The molecule has 2 aromatic carbocycles. The number of aromatic nitrogens is 1. The van der Waals surface area contributed by atoms with E-state index in [9.17, 15) is 0 Å². The van der Waals surface area contributed by atoms with Crippen LogP contribution in [-0.2, 0) is 0 Å². The molecule has 1 heterocycles. The van der Waals surface area contributed by atoms with Gasteiger partial charge in [0.15, 0.2) is 5.13 Å². The summed E-state index contributed by atoms with van der Waals surface area (Å²) in [7, 11) is 0. The van der Waals surface area contributed by atoms with E-state index >= 15 is 0 Å². The molecule has 0 saturated carbocycles. The third-order valence-electron chi connectivity index (χ3n) is 2.84. The average molecular weight is 334 g/mol. The molecule has 0 atom stereocenters. The molecule has 19 heavy (non-hydrogen) atoms. The summed E-state index contributed by atoms with van der Waals surface area (Å²) >= 11 is 5.07. The number of thiazole rings is 1. The zero-order valence-corrected chi connectivity index (χ0v) is 12.7. The van der Waals surface area contributed by atoms with Crippen LogP contribution < -0.4 is 11.1 Å². The second kappa shape index (κ2) is 4.83. The Balaban J connectivity index is 1.96. The van der Waals surface area contributed by atoms with Gasteiger partial charge in [-0.25, -0.2) is 4.98 Å². The Morgan fingerprint density at radius 3 is 2.84 bits per heavy atom. The number of benzene rings is 2. The van der Waals surface area contributed by atoms with E-state index in [0.29, 0.717) is 0 Å². The number of nitrogens with two attached hydrogens (primary N) is 1. The molecule has 0 radical (unpaired) electrons. The molecule has 1 aromatic heterocycles. The lowest BCUT2D eigenvalue weighted by atomic mass is 10.2. The van der Waals surface area contributed by atoms with Gasteiger partial charge in [0.2, 0.25) is 0 Å². The average Bonchev–Trinajstić information content (AvgIpc) is 2.74. The largest absolute Gasteiger partial charge is 0.399 e. The Labute approximate surface area is 123 Å². The first-order valence-corrected chi connectivity index (χ1v) is 7.42. The third kappa shape index (κ3) is 2.57. The second-order valence-electron chi connectivity index (χ2n) is 4.33. The summed E-state index contributed by atoms with van der Waals surface area (Å²) in [4.78, 5) is 4.55. The van der Waals surface area contributed by atoms with Crippen molar-refractivity contribution < 1.29 is 0 Å².